The van der Waals surface area contributed by atoms with Gasteiger partial charge in [-0.25, -0.2) is 0 Å². The lowest BCUT2D eigenvalue weighted by Gasteiger charge is -2.45. The van der Waals surface area contributed by atoms with Gasteiger partial charge < -0.3 is 9.80 Å². The molecule has 0 spiro atoms. The van der Waals surface area contributed by atoms with Gasteiger partial charge in [-0.15, -0.1) is 0 Å². The molecule has 3 fully saturated rings. The van der Waals surface area contributed by atoms with Crippen LogP contribution in [0.1, 0.15) is 52.9 Å². The Morgan fingerprint density at radius 2 is 1.95 bits per heavy atom. The molecule has 112 valence electrons. The van der Waals surface area contributed by atoms with E-state index in [1.54, 1.807) is 0 Å². The van der Waals surface area contributed by atoms with Crippen LogP contribution >= 0.6 is 0 Å². The van der Waals surface area contributed by atoms with E-state index >= 15 is 0 Å². The minimum absolute atomic E-state index is 0.162. The normalized spacial score (nSPS) is 32.0. The third-order valence-electron chi connectivity index (χ3n) is 5.54. The number of carbonyl (C=O) groups is 2. The van der Waals surface area contributed by atoms with E-state index in [4.69, 9.17) is 0 Å². The van der Waals surface area contributed by atoms with Crippen molar-refractivity contribution in [3.05, 3.63) is 0 Å². The highest BCUT2D eigenvalue weighted by Gasteiger charge is 2.52. The van der Waals surface area contributed by atoms with Crippen LogP contribution < -0.4 is 0 Å². The Balaban J connectivity index is 1.87. The van der Waals surface area contributed by atoms with E-state index in [0.29, 0.717) is 5.41 Å². The average molecular weight is 278 g/mol. The lowest BCUT2D eigenvalue weighted by atomic mass is 9.93. The molecule has 0 aromatic rings. The molecule has 2 unspecified atom stereocenters. The third-order valence-corrected chi connectivity index (χ3v) is 5.54. The lowest BCUT2D eigenvalue weighted by molar-refractivity contribution is -0.162. The molecule has 3 rings (SSSR count). The summed E-state index contributed by atoms with van der Waals surface area (Å²) in [4.78, 5) is 29.3. The second kappa shape index (κ2) is 4.74. The summed E-state index contributed by atoms with van der Waals surface area (Å²) in [6.07, 6.45) is 5.36. The monoisotopic (exact) mass is 278 g/mol. The summed E-state index contributed by atoms with van der Waals surface area (Å²) in [5.74, 6) is 0.593. The van der Waals surface area contributed by atoms with Crippen molar-refractivity contribution in [3.8, 4) is 0 Å². The molecule has 1 saturated carbocycles. The van der Waals surface area contributed by atoms with Gasteiger partial charge in [0.15, 0.2) is 0 Å². The molecular formula is C16H26N2O2. The van der Waals surface area contributed by atoms with E-state index in [0.717, 1.165) is 32.4 Å². The predicted octanol–water partition coefficient (Wildman–Crippen LogP) is 2.03. The molecule has 2 atom stereocenters. The summed E-state index contributed by atoms with van der Waals surface area (Å²) >= 11 is 0. The maximum atomic E-state index is 12.8. The third kappa shape index (κ3) is 2.04. The fourth-order valence-electron chi connectivity index (χ4n) is 3.90. The van der Waals surface area contributed by atoms with Crippen molar-refractivity contribution in [3.63, 3.8) is 0 Å². The van der Waals surface area contributed by atoms with Gasteiger partial charge in [-0.1, -0.05) is 20.8 Å². The van der Waals surface area contributed by atoms with Crippen molar-refractivity contribution < 1.29 is 9.59 Å². The van der Waals surface area contributed by atoms with E-state index < -0.39 is 0 Å². The summed E-state index contributed by atoms with van der Waals surface area (Å²) in [5, 5.41) is 0. The predicted molar refractivity (Wildman–Crippen MR) is 77.0 cm³/mol. The van der Waals surface area contributed by atoms with Crippen molar-refractivity contribution >= 4 is 11.8 Å². The van der Waals surface area contributed by atoms with E-state index in [1.807, 2.05) is 9.80 Å². The molecule has 0 aromatic heterocycles. The summed E-state index contributed by atoms with van der Waals surface area (Å²) in [6, 6.07) is -0.397. The zero-order chi connectivity index (χ0) is 14.5. The van der Waals surface area contributed by atoms with Crippen LogP contribution in [0.3, 0.4) is 0 Å². The zero-order valence-electron chi connectivity index (χ0n) is 12.9. The SMILES string of the molecule is CCC1(CN2C(=O)C3CCCN3C(=O)C2C(C)C)CC1. The average Bonchev–Trinajstić information content (AvgIpc) is 3.00. The Morgan fingerprint density at radius 3 is 2.50 bits per heavy atom. The second-order valence-corrected chi connectivity index (χ2v) is 7.20. The fraction of sp³-hybridized carbons (Fsp3) is 0.875. The summed E-state index contributed by atoms with van der Waals surface area (Å²) in [6.45, 7) is 7.89. The number of nitrogens with zero attached hydrogens (tertiary/aromatic N) is 2. The second-order valence-electron chi connectivity index (χ2n) is 7.20. The summed E-state index contributed by atoms with van der Waals surface area (Å²) in [5.41, 5.74) is 0.309. The van der Waals surface area contributed by atoms with Crippen LogP contribution in [0.25, 0.3) is 0 Å². The molecule has 0 bridgehead atoms. The van der Waals surface area contributed by atoms with Gasteiger partial charge in [0.2, 0.25) is 11.8 Å². The number of fused-ring (bicyclic) bond motifs is 1. The summed E-state index contributed by atoms with van der Waals surface area (Å²) in [7, 11) is 0. The van der Waals surface area contributed by atoms with Crippen LogP contribution in [0, 0.1) is 11.3 Å². The highest BCUT2D eigenvalue weighted by molar-refractivity contribution is 5.97. The first-order chi connectivity index (χ1) is 9.49. The first-order valence-electron chi connectivity index (χ1n) is 8.10. The van der Waals surface area contributed by atoms with E-state index in [1.165, 1.54) is 12.8 Å². The highest BCUT2D eigenvalue weighted by atomic mass is 16.2. The highest BCUT2D eigenvalue weighted by Crippen LogP contribution is 2.50. The molecule has 0 radical (unpaired) electrons. The number of hydrogen-bond donors (Lipinski definition) is 0. The molecule has 0 aromatic carbocycles. The van der Waals surface area contributed by atoms with Gasteiger partial charge in [0.05, 0.1) is 0 Å². The van der Waals surface area contributed by atoms with Crippen LogP contribution in [0.5, 0.6) is 0 Å². The maximum Gasteiger partial charge on any atom is 0.246 e. The molecule has 2 amide bonds. The largest absolute Gasteiger partial charge is 0.329 e. The van der Waals surface area contributed by atoms with Crippen LogP contribution in [0.4, 0.5) is 0 Å². The number of piperazine rings is 1. The minimum Gasteiger partial charge on any atom is -0.329 e. The molecule has 20 heavy (non-hydrogen) atoms. The minimum atomic E-state index is -0.235. The molecule has 2 aliphatic heterocycles. The molecule has 4 heteroatoms. The van der Waals surface area contributed by atoms with Gasteiger partial charge in [-0.05, 0) is 43.4 Å². The quantitative estimate of drug-likeness (QED) is 0.789. The van der Waals surface area contributed by atoms with Gasteiger partial charge in [0, 0.05) is 13.1 Å². The lowest BCUT2D eigenvalue weighted by Crippen LogP contribution is -2.65. The van der Waals surface area contributed by atoms with Crippen LogP contribution in [-0.4, -0.2) is 46.8 Å². The Morgan fingerprint density at radius 1 is 1.25 bits per heavy atom. The Hall–Kier alpha value is -1.06. The standard InChI is InChI=1S/C16H26N2O2/c1-4-16(7-8-16)10-18-13(11(2)3)15(20)17-9-5-6-12(17)14(18)19/h11-13H,4-10H2,1-3H3. The van der Waals surface area contributed by atoms with Crippen LogP contribution in [-0.2, 0) is 9.59 Å². The van der Waals surface area contributed by atoms with E-state index in [-0.39, 0.29) is 29.8 Å². The number of amides is 2. The van der Waals surface area contributed by atoms with E-state index in [2.05, 4.69) is 20.8 Å². The molecule has 2 saturated heterocycles. The summed E-state index contributed by atoms with van der Waals surface area (Å²) < 4.78 is 0. The van der Waals surface area contributed by atoms with Gasteiger partial charge in [-0.3, -0.25) is 9.59 Å². The molecule has 1 aliphatic carbocycles. The van der Waals surface area contributed by atoms with Crippen LogP contribution in [0.15, 0.2) is 0 Å². The van der Waals surface area contributed by atoms with Crippen molar-refractivity contribution in [1.29, 1.82) is 0 Å². The van der Waals surface area contributed by atoms with Crippen molar-refractivity contribution in [2.75, 3.05) is 13.1 Å². The molecule has 2 heterocycles. The van der Waals surface area contributed by atoms with Gasteiger partial charge in [0.1, 0.15) is 12.1 Å². The molecule has 0 N–H and O–H groups in total. The number of hydrogen-bond acceptors (Lipinski definition) is 2. The van der Waals surface area contributed by atoms with E-state index in [9.17, 15) is 9.59 Å². The topological polar surface area (TPSA) is 40.6 Å². The molecule has 3 aliphatic rings. The molecule has 4 nitrogen and oxygen atoms in total. The van der Waals surface area contributed by atoms with Crippen molar-refractivity contribution in [1.82, 2.24) is 9.80 Å². The molecular weight excluding hydrogens is 252 g/mol. The van der Waals surface area contributed by atoms with Gasteiger partial charge in [-0.2, -0.15) is 0 Å². The van der Waals surface area contributed by atoms with Gasteiger partial charge in [0.25, 0.3) is 0 Å². The Labute approximate surface area is 121 Å². The van der Waals surface area contributed by atoms with Crippen LogP contribution in [0.2, 0.25) is 0 Å². The zero-order valence-corrected chi connectivity index (χ0v) is 12.9. The van der Waals surface area contributed by atoms with Crippen molar-refractivity contribution in [2.45, 2.75) is 65.0 Å². The van der Waals surface area contributed by atoms with Gasteiger partial charge >= 0.3 is 0 Å². The number of rotatable bonds is 4. The smallest absolute Gasteiger partial charge is 0.246 e. The number of carbonyl (C=O) groups excluding carboxylic acids is 2. The maximum absolute atomic E-state index is 12.8. The first-order valence-corrected chi connectivity index (χ1v) is 8.10. The Bertz CT molecular complexity index is 428. The first kappa shape index (κ1) is 13.9. The Kier molecular flexibility index (Phi) is 3.30. The fourth-order valence-corrected chi connectivity index (χ4v) is 3.90. The van der Waals surface area contributed by atoms with Crippen molar-refractivity contribution in [2.24, 2.45) is 11.3 Å².